The van der Waals surface area contributed by atoms with Crippen LogP contribution in [0.1, 0.15) is 52.9 Å². The van der Waals surface area contributed by atoms with E-state index in [0.29, 0.717) is 25.2 Å². The van der Waals surface area contributed by atoms with Crippen molar-refractivity contribution in [3.8, 4) is 0 Å². The summed E-state index contributed by atoms with van der Waals surface area (Å²) < 4.78 is 0. The normalized spacial score (nSPS) is 26.7. The topological polar surface area (TPSA) is 95.5 Å². The third kappa shape index (κ3) is 4.72. The van der Waals surface area contributed by atoms with Crippen LogP contribution in [0.25, 0.3) is 0 Å². The molecule has 1 fully saturated rings. The highest BCUT2D eigenvalue weighted by atomic mass is 16.4. The lowest BCUT2D eigenvalue weighted by Crippen LogP contribution is -2.58. The average Bonchev–Trinajstić information content (AvgIpc) is 2.46. The van der Waals surface area contributed by atoms with Crippen LogP contribution in [0.3, 0.4) is 0 Å². The summed E-state index contributed by atoms with van der Waals surface area (Å²) in [5.74, 6) is -1.28. The largest absolute Gasteiger partial charge is 0.480 e. The molecule has 0 radical (unpaired) electrons. The molecule has 0 saturated heterocycles. The highest BCUT2D eigenvalue weighted by Gasteiger charge is 2.42. The van der Waals surface area contributed by atoms with Crippen LogP contribution in [0.2, 0.25) is 0 Å². The van der Waals surface area contributed by atoms with Gasteiger partial charge in [-0.2, -0.15) is 0 Å². The van der Waals surface area contributed by atoms with Gasteiger partial charge in [-0.25, -0.2) is 4.79 Å². The predicted octanol–water partition coefficient (Wildman–Crippen LogP) is 1.30. The Morgan fingerprint density at radius 2 is 1.86 bits per heavy atom. The van der Waals surface area contributed by atoms with Crippen LogP contribution in [0.5, 0.6) is 0 Å². The fourth-order valence-electron chi connectivity index (χ4n) is 2.49. The molecule has 1 atom stereocenters. The van der Waals surface area contributed by atoms with E-state index in [1.165, 1.54) is 0 Å². The first-order valence-electron chi connectivity index (χ1n) is 7.63. The monoisotopic (exact) mass is 298 g/mol. The minimum Gasteiger partial charge on any atom is -0.480 e. The van der Waals surface area contributed by atoms with Crippen LogP contribution < -0.4 is 10.6 Å². The lowest BCUT2D eigenvalue weighted by atomic mass is 9.77. The van der Waals surface area contributed by atoms with E-state index < -0.39 is 17.4 Å². The smallest absolute Gasteiger partial charge is 0.329 e. The predicted molar refractivity (Wildman–Crippen MR) is 78.6 cm³/mol. The van der Waals surface area contributed by atoms with E-state index in [-0.39, 0.29) is 18.4 Å². The Morgan fingerprint density at radius 3 is 2.33 bits per heavy atom. The fraction of sp³-hybridized carbons (Fsp3) is 0.800. The highest BCUT2D eigenvalue weighted by molar-refractivity contribution is 5.90. The van der Waals surface area contributed by atoms with Gasteiger partial charge in [0.1, 0.15) is 5.54 Å². The summed E-state index contributed by atoms with van der Waals surface area (Å²) in [7, 11) is 0. The molecular weight excluding hydrogens is 272 g/mol. The van der Waals surface area contributed by atoms with E-state index in [4.69, 9.17) is 0 Å². The zero-order valence-corrected chi connectivity index (χ0v) is 13.1. The molecule has 0 unspecified atom stereocenters. The minimum atomic E-state index is -1.18. The van der Waals surface area contributed by atoms with E-state index >= 15 is 0 Å². The Balaban J connectivity index is 2.54. The van der Waals surface area contributed by atoms with Gasteiger partial charge < -0.3 is 15.7 Å². The third-order valence-electron chi connectivity index (χ3n) is 4.40. The van der Waals surface area contributed by atoms with Crippen molar-refractivity contribution in [2.75, 3.05) is 6.54 Å². The van der Waals surface area contributed by atoms with Gasteiger partial charge in [-0.1, -0.05) is 20.8 Å². The second kappa shape index (κ2) is 7.43. The van der Waals surface area contributed by atoms with E-state index in [2.05, 4.69) is 17.6 Å². The van der Waals surface area contributed by atoms with Crippen molar-refractivity contribution in [1.29, 1.82) is 0 Å². The van der Waals surface area contributed by atoms with Gasteiger partial charge in [-0.3, -0.25) is 9.59 Å². The van der Waals surface area contributed by atoms with Crippen LogP contribution >= 0.6 is 0 Å². The Kier molecular flexibility index (Phi) is 6.18. The van der Waals surface area contributed by atoms with Gasteiger partial charge in [0, 0.05) is 5.92 Å². The fourth-order valence-corrected chi connectivity index (χ4v) is 2.49. The summed E-state index contributed by atoms with van der Waals surface area (Å²) in [5.41, 5.74) is -1.18. The van der Waals surface area contributed by atoms with Gasteiger partial charge in [0.2, 0.25) is 11.8 Å². The van der Waals surface area contributed by atoms with E-state index in [9.17, 15) is 19.5 Å². The van der Waals surface area contributed by atoms with Crippen LogP contribution in [0.4, 0.5) is 0 Å². The van der Waals surface area contributed by atoms with Crippen molar-refractivity contribution >= 4 is 17.8 Å². The van der Waals surface area contributed by atoms with E-state index in [1.807, 2.05) is 6.92 Å². The lowest BCUT2D eigenvalue weighted by molar-refractivity contribution is -0.149. The molecule has 6 nitrogen and oxygen atoms in total. The number of hydrogen-bond donors (Lipinski definition) is 3. The lowest BCUT2D eigenvalue weighted by Gasteiger charge is -2.36. The maximum atomic E-state index is 11.9. The van der Waals surface area contributed by atoms with Crippen molar-refractivity contribution in [1.82, 2.24) is 10.6 Å². The van der Waals surface area contributed by atoms with Gasteiger partial charge in [0.15, 0.2) is 0 Å². The molecule has 0 aliphatic heterocycles. The molecule has 0 bridgehead atoms. The summed E-state index contributed by atoms with van der Waals surface area (Å²) in [5, 5.41) is 14.6. The number of carboxylic acid groups (broad SMARTS) is 1. The van der Waals surface area contributed by atoms with Crippen LogP contribution in [-0.4, -0.2) is 35.0 Å². The molecule has 1 rings (SSSR count). The third-order valence-corrected chi connectivity index (χ3v) is 4.40. The molecule has 2 amide bonds. The number of nitrogens with one attached hydrogen (secondary N) is 2. The van der Waals surface area contributed by atoms with Crippen molar-refractivity contribution < 1.29 is 19.5 Å². The molecule has 0 aromatic rings. The van der Waals surface area contributed by atoms with Crippen molar-refractivity contribution in [2.45, 2.75) is 58.4 Å². The minimum absolute atomic E-state index is 0.151. The van der Waals surface area contributed by atoms with Crippen LogP contribution in [0, 0.1) is 11.8 Å². The molecule has 1 aliphatic rings. The number of carbonyl (C=O) groups excluding carboxylic acids is 2. The molecule has 0 aromatic carbocycles. The molecule has 6 heteroatoms. The van der Waals surface area contributed by atoms with Gasteiger partial charge in [-0.15, -0.1) is 0 Å². The Bertz CT molecular complexity index is 400. The molecule has 120 valence electrons. The number of carboxylic acids is 1. The summed E-state index contributed by atoms with van der Waals surface area (Å²) in [4.78, 5) is 35.1. The summed E-state index contributed by atoms with van der Waals surface area (Å²) in [6.07, 6.45) is 3.14. The molecule has 0 spiro atoms. The highest BCUT2D eigenvalue weighted by Crippen LogP contribution is 2.32. The standard InChI is InChI=1S/C15H26N2O4/c1-4-11(3)13(19)16-9-12(18)17-15(14(20)21)7-5-10(2)6-8-15/h10-11H,4-9H2,1-3H3,(H,16,19)(H,17,18)(H,20,21)/t10?,11-,15?/m1/s1. The summed E-state index contributed by atoms with van der Waals surface area (Å²) in [6.45, 7) is 5.59. The first kappa shape index (κ1) is 17.5. The van der Waals surface area contributed by atoms with E-state index in [0.717, 1.165) is 12.8 Å². The molecule has 3 N–H and O–H groups in total. The van der Waals surface area contributed by atoms with Gasteiger partial charge in [0.25, 0.3) is 0 Å². The van der Waals surface area contributed by atoms with E-state index in [1.54, 1.807) is 6.92 Å². The number of amides is 2. The second-order valence-electron chi connectivity index (χ2n) is 6.15. The van der Waals surface area contributed by atoms with Crippen molar-refractivity contribution in [2.24, 2.45) is 11.8 Å². The Morgan fingerprint density at radius 1 is 1.29 bits per heavy atom. The zero-order chi connectivity index (χ0) is 16.0. The van der Waals surface area contributed by atoms with Gasteiger partial charge >= 0.3 is 5.97 Å². The summed E-state index contributed by atoms with van der Waals surface area (Å²) in [6, 6.07) is 0. The molecule has 1 saturated carbocycles. The molecule has 1 aliphatic carbocycles. The van der Waals surface area contributed by atoms with Crippen molar-refractivity contribution in [3.63, 3.8) is 0 Å². The number of aliphatic carboxylic acids is 1. The van der Waals surface area contributed by atoms with Crippen molar-refractivity contribution in [3.05, 3.63) is 0 Å². The molecule has 21 heavy (non-hydrogen) atoms. The maximum Gasteiger partial charge on any atom is 0.329 e. The number of hydrogen-bond acceptors (Lipinski definition) is 3. The first-order chi connectivity index (χ1) is 9.80. The Hall–Kier alpha value is -1.59. The molecule has 0 aromatic heterocycles. The van der Waals surface area contributed by atoms with Crippen LogP contribution in [-0.2, 0) is 14.4 Å². The summed E-state index contributed by atoms with van der Waals surface area (Å²) >= 11 is 0. The first-order valence-corrected chi connectivity index (χ1v) is 7.63. The molecule has 0 heterocycles. The Labute approximate surface area is 125 Å². The van der Waals surface area contributed by atoms with Crippen LogP contribution in [0.15, 0.2) is 0 Å². The second-order valence-corrected chi connectivity index (χ2v) is 6.15. The quantitative estimate of drug-likeness (QED) is 0.688. The maximum absolute atomic E-state index is 11.9. The van der Waals surface area contributed by atoms with Gasteiger partial charge in [0.05, 0.1) is 6.54 Å². The average molecular weight is 298 g/mol. The number of carbonyl (C=O) groups is 3. The zero-order valence-electron chi connectivity index (χ0n) is 13.1. The molecular formula is C15H26N2O4. The number of rotatable bonds is 6. The SMILES string of the molecule is CC[C@@H](C)C(=O)NCC(=O)NC1(C(=O)O)CCC(C)CC1. The van der Waals surface area contributed by atoms with Gasteiger partial charge in [-0.05, 0) is 38.0 Å².